The van der Waals surface area contributed by atoms with Crippen LogP contribution in [-0.2, 0) is 6.54 Å². The summed E-state index contributed by atoms with van der Waals surface area (Å²) in [5, 5.41) is 2.65. The molecular weight excluding hydrogens is 361 g/mol. The highest BCUT2D eigenvalue weighted by atomic mass is 19.4. The molecule has 2 amide bonds. The minimum atomic E-state index is -4.78. The van der Waals surface area contributed by atoms with E-state index in [0.717, 1.165) is 5.82 Å². The SMILES string of the molecule is O=C(NCc1ccccc1OC(F)(F)F)N1CCN(c2ccccn2)CC1. The highest BCUT2D eigenvalue weighted by Crippen LogP contribution is 2.26. The molecule has 9 heteroatoms. The Morgan fingerprint density at radius 1 is 1.07 bits per heavy atom. The van der Waals surface area contributed by atoms with Crippen LogP contribution in [0.1, 0.15) is 5.56 Å². The maximum absolute atomic E-state index is 12.5. The van der Waals surface area contributed by atoms with Gasteiger partial charge in [0, 0.05) is 44.5 Å². The molecule has 2 aromatic rings. The maximum Gasteiger partial charge on any atom is 0.573 e. The molecule has 0 bridgehead atoms. The molecule has 1 aromatic carbocycles. The van der Waals surface area contributed by atoms with Crippen LogP contribution in [0, 0.1) is 0 Å². The lowest BCUT2D eigenvalue weighted by atomic mass is 10.2. The number of amides is 2. The monoisotopic (exact) mass is 380 g/mol. The van der Waals surface area contributed by atoms with Crippen molar-refractivity contribution in [1.82, 2.24) is 15.2 Å². The van der Waals surface area contributed by atoms with Crippen LogP contribution in [-0.4, -0.2) is 48.5 Å². The van der Waals surface area contributed by atoms with Crippen molar-refractivity contribution in [3.63, 3.8) is 0 Å². The highest BCUT2D eigenvalue weighted by Gasteiger charge is 2.32. The first kappa shape index (κ1) is 18.8. The van der Waals surface area contributed by atoms with Crippen molar-refractivity contribution in [3.05, 3.63) is 54.2 Å². The van der Waals surface area contributed by atoms with Crippen molar-refractivity contribution in [2.45, 2.75) is 12.9 Å². The number of pyridine rings is 1. The number of para-hydroxylation sites is 1. The molecule has 1 saturated heterocycles. The van der Waals surface area contributed by atoms with Crippen LogP contribution >= 0.6 is 0 Å². The zero-order chi connectivity index (χ0) is 19.3. The minimum Gasteiger partial charge on any atom is -0.405 e. The molecule has 1 aliphatic heterocycles. The van der Waals surface area contributed by atoms with Gasteiger partial charge in [-0.25, -0.2) is 9.78 Å². The number of hydrogen-bond donors (Lipinski definition) is 1. The number of anilines is 1. The summed E-state index contributed by atoms with van der Waals surface area (Å²) in [7, 11) is 0. The zero-order valence-corrected chi connectivity index (χ0v) is 14.4. The fourth-order valence-electron chi connectivity index (χ4n) is 2.84. The molecule has 0 atom stereocenters. The van der Waals surface area contributed by atoms with Crippen molar-refractivity contribution in [2.75, 3.05) is 31.1 Å². The van der Waals surface area contributed by atoms with E-state index in [1.54, 1.807) is 17.2 Å². The Bertz CT molecular complexity index is 763. The molecule has 2 heterocycles. The number of carbonyl (C=O) groups excluding carboxylic acids is 1. The van der Waals surface area contributed by atoms with Gasteiger partial charge in [-0.3, -0.25) is 0 Å². The van der Waals surface area contributed by atoms with Crippen molar-refractivity contribution >= 4 is 11.8 Å². The summed E-state index contributed by atoms with van der Waals surface area (Å²) in [6.45, 7) is 2.23. The van der Waals surface area contributed by atoms with E-state index in [4.69, 9.17) is 0 Å². The summed E-state index contributed by atoms with van der Waals surface area (Å²) in [5.74, 6) is 0.543. The number of halogens is 3. The van der Waals surface area contributed by atoms with Gasteiger partial charge in [-0.15, -0.1) is 13.2 Å². The quantitative estimate of drug-likeness (QED) is 0.886. The van der Waals surface area contributed by atoms with E-state index in [2.05, 4.69) is 19.9 Å². The highest BCUT2D eigenvalue weighted by molar-refractivity contribution is 5.74. The number of alkyl halides is 3. The van der Waals surface area contributed by atoms with Crippen LogP contribution in [0.3, 0.4) is 0 Å². The second-order valence-corrected chi connectivity index (χ2v) is 5.98. The third-order valence-electron chi connectivity index (χ3n) is 4.17. The zero-order valence-electron chi connectivity index (χ0n) is 14.4. The van der Waals surface area contributed by atoms with Crippen LogP contribution in [0.2, 0.25) is 0 Å². The minimum absolute atomic E-state index is 0.0501. The normalized spacial score (nSPS) is 14.8. The lowest BCUT2D eigenvalue weighted by molar-refractivity contribution is -0.274. The summed E-state index contributed by atoms with van der Waals surface area (Å²) in [6.07, 6.45) is -3.06. The molecule has 6 nitrogen and oxygen atoms in total. The van der Waals surface area contributed by atoms with E-state index in [-0.39, 0.29) is 23.9 Å². The second-order valence-electron chi connectivity index (χ2n) is 5.98. The van der Waals surface area contributed by atoms with Gasteiger partial charge in [0.05, 0.1) is 0 Å². The molecule has 0 spiro atoms. The number of urea groups is 1. The number of nitrogens with one attached hydrogen (secondary N) is 1. The van der Waals surface area contributed by atoms with Crippen molar-refractivity contribution < 1.29 is 22.7 Å². The van der Waals surface area contributed by atoms with Gasteiger partial charge in [0.15, 0.2) is 0 Å². The van der Waals surface area contributed by atoms with Crippen molar-refractivity contribution in [1.29, 1.82) is 0 Å². The van der Waals surface area contributed by atoms with E-state index >= 15 is 0 Å². The number of benzene rings is 1. The number of aromatic nitrogens is 1. The third-order valence-corrected chi connectivity index (χ3v) is 4.17. The fraction of sp³-hybridized carbons (Fsp3) is 0.333. The lowest BCUT2D eigenvalue weighted by Gasteiger charge is -2.35. The second kappa shape index (κ2) is 8.15. The number of rotatable bonds is 4. The van der Waals surface area contributed by atoms with E-state index < -0.39 is 6.36 Å². The average molecular weight is 380 g/mol. The molecule has 1 aromatic heterocycles. The Hall–Kier alpha value is -2.97. The summed E-state index contributed by atoms with van der Waals surface area (Å²) in [6, 6.07) is 11.1. The van der Waals surface area contributed by atoms with E-state index in [1.165, 1.54) is 18.2 Å². The molecule has 0 unspecified atom stereocenters. The number of hydrogen-bond acceptors (Lipinski definition) is 4. The topological polar surface area (TPSA) is 57.7 Å². The Morgan fingerprint density at radius 3 is 2.44 bits per heavy atom. The summed E-state index contributed by atoms with van der Waals surface area (Å²) < 4.78 is 41.4. The molecule has 1 aliphatic rings. The summed E-state index contributed by atoms with van der Waals surface area (Å²) >= 11 is 0. The predicted molar refractivity (Wildman–Crippen MR) is 93.4 cm³/mol. The largest absolute Gasteiger partial charge is 0.573 e. The Labute approximate surface area is 154 Å². The fourth-order valence-corrected chi connectivity index (χ4v) is 2.84. The molecular formula is C18H19F3N4O2. The van der Waals surface area contributed by atoms with Gasteiger partial charge in [-0.1, -0.05) is 24.3 Å². The Morgan fingerprint density at radius 2 is 1.78 bits per heavy atom. The van der Waals surface area contributed by atoms with Gasteiger partial charge in [-0.2, -0.15) is 0 Å². The third kappa shape index (κ3) is 5.25. The molecule has 0 aliphatic carbocycles. The van der Waals surface area contributed by atoms with E-state index in [9.17, 15) is 18.0 Å². The number of piperazine rings is 1. The molecule has 0 radical (unpaired) electrons. The van der Waals surface area contributed by atoms with Gasteiger partial charge in [-0.05, 0) is 18.2 Å². The molecule has 0 saturated carbocycles. The van der Waals surface area contributed by atoms with Crippen LogP contribution < -0.4 is 15.0 Å². The van der Waals surface area contributed by atoms with Crippen molar-refractivity contribution in [2.24, 2.45) is 0 Å². The lowest BCUT2D eigenvalue weighted by Crippen LogP contribution is -2.51. The van der Waals surface area contributed by atoms with Crippen molar-refractivity contribution in [3.8, 4) is 5.75 Å². The first-order valence-electron chi connectivity index (χ1n) is 8.45. The first-order valence-corrected chi connectivity index (χ1v) is 8.45. The standard InChI is InChI=1S/C18H19F3N4O2/c19-18(20,21)27-15-6-2-1-5-14(15)13-23-17(26)25-11-9-24(10-12-25)16-7-3-4-8-22-16/h1-8H,9-13H2,(H,23,26). The smallest absolute Gasteiger partial charge is 0.405 e. The molecule has 1 fully saturated rings. The van der Waals surface area contributed by atoms with Gasteiger partial charge in [0.2, 0.25) is 0 Å². The Balaban J connectivity index is 1.52. The molecule has 27 heavy (non-hydrogen) atoms. The number of carbonyl (C=O) groups is 1. The Kier molecular flexibility index (Phi) is 5.68. The summed E-state index contributed by atoms with van der Waals surface area (Å²) in [5.41, 5.74) is 0.260. The van der Waals surface area contributed by atoms with Gasteiger partial charge in [0.25, 0.3) is 0 Å². The van der Waals surface area contributed by atoms with E-state index in [1.807, 2.05) is 18.2 Å². The van der Waals surface area contributed by atoms with Gasteiger partial charge < -0.3 is 19.9 Å². The average Bonchev–Trinajstić information content (AvgIpc) is 2.67. The summed E-state index contributed by atoms with van der Waals surface area (Å²) in [4.78, 5) is 20.3. The van der Waals surface area contributed by atoms with Crippen LogP contribution in [0.15, 0.2) is 48.7 Å². The van der Waals surface area contributed by atoms with Crippen LogP contribution in [0.25, 0.3) is 0 Å². The first-order chi connectivity index (χ1) is 12.9. The van der Waals surface area contributed by atoms with Gasteiger partial charge in [0.1, 0.15) is 11.6 Å². The van der Waals surface area contributed by atoms with Crippen LogP contribution in [0.4, 0.5) is 23.8 Å². The van der Waals surface area contributed by atoms with Gasteiger partial charge >= 0.3 is 12.4 Å². The maximum atomic E-state index is 12.5. The molecule has 144 valence electrons. The van der Waals surface area contributed by atoms with Crippen LogP contribution in [0.5, 0.6) is 5.75 Å². The predicted octanol–water partition coefficient (Wildman–Crippen LogP) is 3.01. The molecule has 3 rings (SSSR count). The number of nitrogens with zero attached hydrogens (tertiary/aromatic N) is 3. The number of ether oxygens (including phenoxy) is 1. The van der Waals surface area contributed by atoms with E-state index in [0.29, 0.717) is 26.2 Å². The molecule has 1 N–H and O–H groups in total.